The molecule has 0 aromatic carbocycles. The van der Waals surface area contributed by atoms with Gasteiger partial charge in [0.1, 0.15) is 177 Å². The van der Waals surface area contributed by atoms with Crippen molar-refractivity contribution in [3.8, 4) is 0 Å². The van der Waals surface area contributed by atoms with Crippen LogP contribution in [0.3, 0.4) is 0 Å². The molecule has 3 amide bonds. The number of aliphatic hydroxyl groups is 22. The van der Waals surface area contributed by atoms with Gasteiger partial charge in [-0.15, -0.1) is 0 Å². The van der Waals surface area contributed by atoms with Crippen LogP contribution in [0.2, 0.25) is 0 Å². The largest absolute Gasteiger partial charge is 0.477 e. The van der Waals surface area contributed by atoms with E-state index in [0.717, 1.165) is 20.8 Å². The van der Waals surface area contributed by atoms with Gasteiger partial charge < -0.3 is 204 Å². The molecule has 0 aromatic rings. The summed E-state index contributed by atoms with van der Waals surface area (Å²) in [6, 6.07) is -5.75. The van der Waals surface area contributed by atoms with E-state index in [1.165, 1.54) is 13.8 Å². The van der Waals surface area contributed by atoms with E-state index in [2.05, 4.69) is 16.0 Å². The molecular formula is C57H95N3O42. The van der Waals surface area contributed by atoms with E-state index in [1.807, 2.05) is 0 Å². The Hall–Kier alpha value is -3.60. The quantitative estimate of drug-likeness (QED) is 0.0382. The highest BCUT2D eigenvalue weighted by molar-refractivity contribution is 5.77. The molecule has 0 saturated carbocycles. The lowest BCUT2D eigenvalue weighted by molar-refractivity contribution is -0.402. The Morgan fingerprint density at radius 3 is 1.14 bits per heavy atom. The Bertz CT molecular complexity index is 2710. The molecular weight excluding hydrogens is 1400 g/mol. The average Bonchev–Trinajstić information content (AvgIpc) is 0.758. The lowest BCUT2D eigenvalue weighted by Gasteiger charge is -2.53. The minimum absolute atomic E-state index is 0.874. The van der Waals surface area contributed by atoms with Crippen molar-refractivity contribution in [2.75, 3.05) is 39.6 Å². The fourth-order valence-corrected chi connectivity index (χ4v) is 13.3. The fourth-order valence-electron chi connectivity index (χ4n) is 13.3. The standard InChI is InChI=1S/C57H95N3O42/c1-13-28(72)34(78)36(80)52(88-13)97-44-26(59-16(4)68)50(99-46-31(75)20(8-62)90-49(85)38(46)82)93-23(11-65)41(44)95-54-39(83)47(32(76)21(9-63)91-54)100-51-27(60-17(5)69)45(98-53-37(81)35(79)29(73)14(2)89-53)42(24(12-66)94-51)96-55-40(84)48(33(77)22(10-64)92-55)102-57(56(86)87)6-18(70)25(58-15(3)67)43(101-57)30(74)19(71)7-61/h13-14,18-55,61-66,70-85H,6-12H2,1-5H3,(H,58,67)(H,59,68)(H,60,69)(H,86,87)/t13-,14-,18-,19+,20+,21+,22+,23+,24+,25+,26+,27+,28+,29+,30+,31-,32-,33-,34+,35+,36-,37-,38+,39+,40+,41+,42+,43+,44+,45+,46-,47-,48-,49+,50-,51-,52-,53-,54-,55-,57-/m0/s1. The Labute approximate surface area is 577 Å². The van der Waals surface area contributed by atoms with Gasteiger partial charge in [0.25, 0.3) is 5.79 Å². The maximum Gasteiger partial charge on any atom is 0.364 e. The van der Waals surface area contributed by atoms with Gasteiger partial charge in [0.2, 0.25) is 17.7 Å². The number of carboxylic acids is 1. The molecule has 0 unspecified atom stereocenters. The summed E-state index contributed by atoms with van der Waals surface area (Å²) < 4.78 is 89.3. The van der Waals surface area contributed by atoms with Crippen molar-refractivity contribution in [3.63, 3.8) is 0 Å². The normalized spacial score (nSPS) is 48.7. The van der Waals surface area contributed by atoms with Gasteiger partial charge in [0.15, 0.2) is 44.0 Å². The number of nitrogens with one attached hydrogen (secondary N) is 3. The van der Waals surface area contributed by atoms with Crippen molar-refractivity contribution < 1.29 is 208 Å². The van der Waals surface area contributed by atoms with E-state index >= 15 is 0 Å². The van der Waals surface area contributed by atoms with Gasteiger partial charge in [-0.3, -0.25) is 14.4 Å². The molecule has 8 rings (SSSR count). The zero-order chi connectivity index (χ0) is 75.6. The van der Waals surface area contributed by atoms with Crippen LogP contribution in [0.15, 0.2) is 0 Å². The highest BCUT2D eigenvalue weighted by Gasteiger charge is 2.63. The number of carbonyl (C=O) groups is 4. The summed E-state index contributed by atoms with van der Waals surface area (Å²) in [7, 11) is 0. The van der Waals surface area contributed by atoms with Gasteiger partial charge >= 0.3 is 5.97 Å². The third-order valence-corrected chi connectivity index (χ3v) is 18.8. The molecule has 0 bridgehead atoms. The number of carboxylic acid groups (broad SMARTS) is 1. The number of rotatable bonds is 26. The first-order valence-electron chi connectivity index (χ1n) is 32.5. The maximum absolute atomic E-state index is 13.5. The monoisotopic (exact) mass is 1490 g/mol. The fraction of sp³-hybridized carbons (Fsp3) is 0.930. The maximum atomic E-state index is 13.5. The first kappa shape index (κ1) is 84.0. The smallest absolute Gasteiger partial charge is 0.364 e. The van der Waals surface area contributed by atoms with Crippen LogP contribution in [-0.2, 0) is 90.2 Å². The topological polar surface area (TPSA) is 708 Å². The molecule has 8 heterocycles. The highest BCUT2D eigenvalue weighted by Crippen LogP contribution is 2.42. The van der Waals surface area contributed by atoms with Crippen LogP contribution in [0.1, 0.15) is 41.0 Å². The van der Waals surface area contributed by atoms with Gasteiger partial charge in [-0.05, 0) is 13.8 Å². The van der Waals surface area contributed by atoms with Gasteiger partial charge in [0, 0.05) is 27.2 Å². The predicted molar refractivity (Wildman–Crippen MR) is 314 cm³/mol. The molecule has 0 aliphatic carbocycles. The Morgan fingerprint density at radius 1 is 0.402 bits per heavy atom. The van der Waals surface area contributed by atoms with Crippen LogP contribution < -0.4 is 16.0 Å². The van der Waals surface area contributed by atoms with E-state index in [-0.39, 0.29) is 0 Å². The molecule has 0 radical (unpaired) electrons. The van der Waals surface area contributed by atoms with Crippen molar-refractivity contribution in [1.82, 2.24) is 16.0 Å². The molecule has 0 spiro atoms. The number of hydrogen-bond acceptors (Lipinski definition) is 41. The van der Waals surface area contributed by atoms with Crippen molar-refractivity contribution in [2.24, 2.45) is 0 Å². The summed E-state index contributed by atoms with van der Waals surface area (Å²) in [4.78, 5) is 52.3. The number of hydrogen-bond donors (Lipinski definition) is 26. The molecule has 45 nitrogen and oxygen atoms in total. The second-order valence-electron chi connectivity index (χ2n) is 26.0. The van der Waals surface area contributed by atoms with E-state index in [4.69, 9.17) is 71.1 Å². The first-order chi connectivity index (χ1) is 48.0. The van der Waals surface area contributed by atoms with E-state index in [9.17, 15) is 137 Å². The predicted octanol–water partition coefficient (Wildman–Crippen LogP) is -16.8. The van der Waals surface area contributed by atoms with Crippen LogP contribution in [0.4, 0.5) is 0 Å². The molecule has 8 aliphatic rings. The van der Waals surface area contributed by atoms with Gasteiger partial charge in [0.05, 0.1) is 64.0 Å². The third-order valence-electron chi connectivity index (χ3n) is 18.8. The Balaban J connectivity index is 1.15. The third kappa shape index (κ3) is 17.9. The van der Waals surface area contributed by atoms with E-state index in [0.29, 0.717) is 0 Å². The molecule has 41 atom stereocenters. The van der Waals surface area contributed by atoms with Crippen LogP contribution in [0.5, 0.6) is 0 Å². The number of carbonyl (C=O) groups excluding carboxylic acids is 3. The van der Waals surface area contributed by atoms with Crippen molar-refractivity contribution in [2.45, 2.75) is 292 Å². The second kappa shape index (κ2) is 35.6. The van der Waals surface area contributed by atoms with Crippen LogP contribution in [0.25, 0.3) is 0 Å². The summed E-state index contributed by atoms with van der Waals surface area (Å²) in [5, 5.41) is 261. The molecule has 102 heavy (non-hydrogen) atoms. The highest BCUT2D eigenvalue weighted by atomic mass is 16.8. The second-order valence-corrected chi connectivity index (χ2v) is 26.0. The molecule has 8 saturated heterocycles. The summed E-state index contributed by atoms with van der Waals surface area (Å²) in [6.07, 6.45) is -78.8. The molecule has 8 aliphatic heterocycles. The van der Waals surface area contributed by atoms with Gasteiger partial charge in [-0.1, -0.05) is 0 Å². The van der Waals surface area contributed by atoms with Crippen LogP contribution in [-0.4, -0.2) is 432 Å². The SMILES string of the molecule is CC(=O)N[C@H]1[C@H](O[C@@H]2[C@@H](O)[C@H](O)O[C@H](CO)[C@@H]2O)O[C@H](CO)[C@@H](O[C@@H]2O[C@H](CO)[C@H](O)[C@H](O[C@@H]3O[C@H](CO)[C@@H](O[C@@H]4O[C@H](CO)[C@H](O)[C@H](O[C@]5(C(=O)O)C[C@H](O)[C@@H](NC(C)=O)[C@H]([C@H](O)[C@H](O)CO)O5)[C@H]4O)[C@H](O[C@@H]4O[C@@H](C)[C@@H](O)[C@@H](O)[C@@H]4O)[C@H]3NC(C)=O)[C@H]2O)[C@@H]1O[C@@H]1O[C@@H](C)[C@@H](O)[C@@H](O)[C@@H]1O. The van der Waals surface area contributed by atoms with Gasteiger partial charge in [-0.2, -0.15) is 0 Å². The molecule has 0 aromatic heterocycles. The summed E-state index contributed by atoms with van der Waals surface area (Å²) in [6.45, 7) is -1.81. The zero-order valence-corrected chi connectivity index (χ0v) is 55.1. The lowest BCUT2D eigenvalue weighted by Crippen LogP contribution is -2.72. The summed E-state index contributed by atoms with van der Waals surface area (Å²) in [5.41, 5.74) is 0. The Kier molecular flexibility index (Phi) is 29.3. The van der Waals surface area contributed by atoms with E-state index < -0.39 is 321 Å². The van der Waals surface area contributed by atoms with Crippen molar-refractivity contribution in [3.05, 3.63) is 0 Å². The summed E-state index contributed by atoms with van der Waals surface area (Å²) in [5.74, 6) is -8.33. The van der Waals surface area contributed by atoms with Crippen LogP contribution >= 0.6 is 0 Å². The Morgan fingerprint density at radius 2 is 0.745 bits per heavy atom. The van der Waals surface area contributed by atoms with Crippen molar-refractivity contribution in [1.29, 1.82) is 0 Å². The summed E-state index contributed by atoms with van der Waals surface area (Å²) >= 11 is 0. The molecule has 8 fully saturated rings. The number of ether oxygens (including phenoxy) is 15. The zero-order valence-electron chi connectivity index (χ0n) is 55.1. The molecule has 590 valence electrons. The number of aliphatic carboxylic acids is 1. The minimum Gasteiger partial charge on any atom is -0.477 e. The lowest BCUT2D eigenvalue weighted by atomic mass is 9.88. The first-order valence-corrected chi connectivity index (χ1v) is 32.5. The minimum atomic E-state index is -3.32. The number of aliphatic hydroxyl groups excluding tert-OH is 22. The number of amides is 3. The molecule has 26 N–H and O–H groups in total. The van der Waals surface area contributed by atoms with E-state index in [1.54, 1.807) is 0 Å². The van der Waals surface area contributed by atoms with Gasteiger partial charge in [-0.25, -0.2) is 4.79 Å². The molecule has 45 heteroatoms. The van der Waals surface area contributed by atoms with Crippen LogP contribution in [0, 0.1) is 0 Å². The van der Waals surface area contributed by atoms with Crippen molar-refractivity contribution >= 4 is 23.7 Å². The average molecular weight is 1490 g/mol.